The molecule has 25 heavy (non-hydrogen) atoms. The maximum atomic E-state index is 5.79. The summed E-state index contributed by atoms with van der Waals surface area (Å²) in [4.78, 5) is 0. The number of rotatable bonds is 14. The molecule has 1 heterocycles. The van der Waals surface area contributed by atoms with Crippen molar-refractivity contribution in [2.45, 2.75) is 77.4 Å². The van der Waals surface area contributed by atoms with Crippen LogP contribution in [0.4, 0.5) is 0 Å². The molecule has 2 heteroatoms. The summed E-state index contributed by atoms with van der Waals surface area (Å²) in [6, 6.07) is 8.37. The fourth-order valence-electron chi connectivity index (χ4n) is 2.86. The molecule has 0 saturated carbocycles. The Balaban J connectivity index is 1.46. The first-order valence-electron chi connectivity index (χ1n) is 10.1. The molecule has 2 nitrogen and oxygen atoms in total. The Hall–Kier alpha value is -1.54. The summed E-state index contributed by atoms with van der Waals surface area (Å²) in [6.07, 6.45) is 21.6. The zero-order valence-corrected chi connectivity index (χ0v) is 15.8. The number of aryl methyl sites for hydroxylation is 1. The van der Waals surface area contributed by atoms with Crippen LogP contribution in [0.3, 0.4) is 0 Å². The van der Waals surface area contributed by atoms with Crippen LogP contribution >= 0.6 is 0 Å². The SMILES string of the molecule is CCCC=CCC=CCCCCCCCc1ccccc1OC1CO1. The van der Waals surface area contributed by atoms with E-state index in [0.29, 0.717) is 0 Å². The van der Waals surface area contributed by atoms with Crippen molar-refractivity contribution in [1.82, 2.24) is 0 Å². The number of unbranched alkanes of at least 4 members (excludes halogenated alkanes) is 6. The van der Waals surface area contributed by atoms with Crippen LogP contribution in [-0.4, -0.2) is 12.9 Å². The minimum absolute atomic E-state index is 0.00339. The summed E-state index contributed by atoms with van der Waals surface area (Å²) >= 11 is 0. The predicted octanol–water partition coefficient (Wildman–Crippen LogP) is 6.61. The second-order valence-electron chi connectivity index (χ2n) is 6.76. The van der Waals surface area contributed by atoms with Gasteiger partial charge in [0.25, 0.3) is 0 Å². The maximum absolute atomic E-state index is 5.79. The van der Waals surface area contributed by atoms with Gasteiger partial charge in [-0.3, -0.25) is 0 Å². The van der Waals surface area contributed by atoms with Gasteiger partial charge in [0, 0.05) is 0 Å². The van der Waals surface area contributed by atoms with Crippen LogP contribution in [-0.2, 0) is 11.2 Å². The number of hydrogen-bond donors (Lipinski definition) is 0. The molecule has 0 spiro atoms. The van der Waals surface area contributed by atoms with Gasteiger partial charge in [0.05, 0.1) is 0 Å². The average molecular weight is 343 g/mol. The second-order valence-corrected chi connectivity index (χ2v) is 6.76. The number of epoxide rings is 1. The first kappa shape index (κ1) is 19.8. The first-order valence-corrected chi connectivity index (χ1v) is 10.1. The summed E-state index contributed by atoms with van der Waals surface area (Å²) in [6.45, 7) is 2.95. The molecule has 2 rings (SSSR count). The predicted molar refractivity (Wildman–Crippen MR) is 106 cm³/mol. The van der Waals surface area contributed by atoms with Crippen LogP contribution in [0.2, 0.25) is 0 Å². The van der Waals surface area contributed by atoms with Gasteiger partial charge in [-0.2, -0.15) is 0 Å². The summed E-state index contributed by atoms with van der Waals surface area (Å²) in [5.74, 6) is 1.00. The highest BCUT2D eigenvalue weighted by Crippen LogP contribution is 2.25. The number of ether oxygens (including phenoxy) is 2. The summed E-state index contributed by atoms with van der Waals surface area (Å²) in [5.41, 5.74) is 1.32. The van der Waals surface area contributed by atoms with Crippen LogP contribution in [0.25, 0.3) is 0 Å². The Bertz CT molecular complexity index is 515. The van der Waals surface area contributed by atoms with E-state index in [1.807, 2.05) is 6.07 Å². The van der Waals surface area contributed by atoms with Gasteiger partial charge >= 0.3 is 0 Å². The van der Waals surface area contributed by atoms with Crippen molar-refractivity contribution in [3.05, 3.63) is 54.1 Å². The largest absolute Gasteiger partial charge is 0.462 e. The molecule has 1 aliphatic heterocycles. The highest BCUT2D eigenvalue weighted by molar-refractivity contribution is 5.33. The molecule has 0 N–H and O–H groups in total. The van der Waals surface area contributed by atoms with Gasteiger partial charge in [-0.15, -0.1) is 0 Å². The van der Waals surface area contributed by atoms with E-state index >= 15 is 0 Å². The molecule has 0 aromatic heterocycles. The number of allylic oxidation sites excluding steroid dienone is 4. The van der Waals surface area contributed by atoms with Crippen molar-refractivity contribution < 1.29 is 9.47 Å². The average Bonchev–Trinajstić information content (AvgIpc) is 3.44. The molecular formula is C23H34O2. The molecule has 1 unspecified atom stereocenters. The maximum Gasteiger partial charge on any atom is 0.223 e. The molecule has 0 bridgehead atoms. The minimum Gasteiger partial charge on any atom is -0.462 e. The Morgan fingerprint density at radius 2 is 1.68 bits per heavy atom. The van der Waals surface area contributed by atoms with E-state index < -0.39 is 0 Å². The van der Waals surface area contributed by atoms with Gasteiger partial charge in [0.1, 0.15) is 12.4 Å². The monoisotopic (exact) mass is 342 g/mol. The highest BCUT2D eigenvalue weighted by atomic mass is 16.8. The third-order valence-electron chi connectivity index (χ3n) is 4.41. The van der Waals surface area contributed by atoms with Gasteiger partial charge in [0.15, 0.2) is 0 Å². The number of benzene rings is 1. The van der Waals surface area contributed by atoms with Crippen molar-refractivity contribution in [3.8, 4) is 5.75 Å². The molecular weight excluding hydrogens is 308 g/mol. The molecule has 1 fully saturated rings. The molecule has 1 saturated heterocycles. The molecule has 0 amide bonds. The highest BCUT2D eigenvalue weighted by Gasteiger charge is 2.25. The summed E-state index contributed by atoms with van der Waals surface area (Å²) < 4.78 is 10.9. The Kier molecular flexibility index (Phi) is 10.1. The van der Waals surface area contributed by atoms with Gasteiger partial charge in [0.2, 0.25) is 6.29 Å². The molecule has 0 aliphatic carbocycles. The first-order chi connectivity index (χ1) is 12.4. The standard InChI is InChI=1S/C23H34O2/c1-2-3-4-5-6-7-8-9-10-11-12-13-14-17-21-18-15-16-19-22(21)25-23-20-24-23/h4-5,7-8,15-16,18-19,23H,2-3,6,9-14,17,20H2,1H3. The van der Waals surface area contributed by atoms with Gasteiger partial charge in [-0.1, -0.05) is 75.1 Å². The van der Waals surface area contributed by atoms with Crippen LogP contribution in [0, 0.1) is 0 Å². The van der Waals surface area contributed by atoms with Crippen molar-refractivity contribution in [3.63, 3.8) is 0 Å². The third-order valence-corrected chi connectivity index (χ3v) is 4.41. The van der Waals surface area contributed by atoms with Gasteiger partial charge < -0.3 is 9.47 Å². The molecule has 1 aromatic rings. The van der Waals surface area contributed by atoms with E-state index in [4.69, 9.17) is 9.47 Å². The van der Waals surface area contributed by atoms with E-state index in [-0.39, 0.29) is 6.29 Å². The van der Waals surface area contributed by atoms with Gasteiger partial charge in [-0.25, -0.2) is 0 Å². The van der Waals surface area contributed by atoms with E-state index in [9.17, 15) is 0 Å². The molecule has 138 valence electrons. The van der Waals surface area contributed by atoms with E-state index in [1.54, 1.807) is 0 Å². The molecule has 0 radical (unpaired) electrons. The molecule has 1 aliphatic rings. The lowest BCUT2D eigenvalue weighted by Gasteiger charge is -2.09. The van der Waals surface area contributed by atoms with Crippen LogP contribution in [0.1, 0.15) is 70.3 Å². The van der Waals surface area contributed by atoms with E-state index in [0.717, 1.165) is 25.2 Å². The lowest BCUT2D eigenvalue weighted by atomic mass is 10.0. The van der Waals surface area contributed by atoms with E-state index in [1.165, 1.54) is 56.9 Å². The van der Waals surface area contributed by atoms with Crippen molar-refractivity contribution >= 4 is 0 Å². The Morgan fingerprint density at radius 1 is 0.960 bits per heavy atom. The smallest absolute Gasteiger partial charge is 0.223 e. The third kappa shape index (κ3) is 9.50. The summed E-state index contributed by atoms with van der Waals surface area (Å²) in [5, 5.41) is 0. The van der Waals surface area contributed by atoms with Crippen LogP contribution in [0.5, 0.6) is 5.75 Å². The van der Waals surface area contributed by atoms with Gasteiger partial charge in [-0.05, 0) is 50.2 Å². The Morgan fingerprint density at radius 3 is 2.48 bits per heavy atom. The summed E-state index contributed by atoms with van der Waals surface area (Å²) in [7, 11) is 0. The van der Waals surface area contributed by atoms with Crippen molar-refractivity contribution in [1.29, 1.82) is 0 Å². The second kappa shape index (κ2) is 12.8. The van der Waals surface area contributed by atoms with Crippen LogP contribution in [0.15, 0.2) is 48.6 Å². The molecule has 1 atom stereocenters. The zero-order valence-electron chi connectivity index (χ0n) is 15.8. The normalized spacial score (nSPS) is 16.8. The quantitative estimate of drug-likeness (QED) is 0.216. The van der Waals surface area contributed by atoms with E-state index in [2.05, 4.69) is 49.4 Å². The fraction of sp³-hybridized carbons (Fsp3) is 0.565. The van der Waals surface area contributed by atoms with Crippen molar-refractivity contribution in [2.75, 3.05) is 6.61 Å². The lowest BCUT2D eigenvalue weighted by Crippen LogP contribution is -2.01. The molecule has 1 aromatic carbocycles. The van der Waals surface area contributed by atoms with Crippen molar-refractivity contribution in [2.24, 2.45) is 0 Å². The fourth-order valence-corrected chi connectivity index (χ4v) is 2.86. The topological polar surface area (TPSA) is 21.8 Å². The Labute approximate surface area is 153 Å². The lowest BCUT2D eigenvalue weighted by molar-refractivity contribution is 0.177. The minimum atomic E-state index is -0.00339. The zero-order chi connectivity index (χ0) is 17.6. The number of hydrogen-bond acceptors (Lipinski definition) is 2. The number of para-hydroxylation sites is 1. The van der Waals surface area contributed by atoms with Crippen LogP contribution < -0.4 is 4.74 Å².